The Morgan fingerprint density at radius 3 is 2.64 bits per heavy atom. The first-order chi connectivity index (χ1) is 6.68. The number of unbranched alkanes of at least 4 members (excludes halogenated alkanes) is 2. The van der Waals surface area contributed by atoms with Crippen LogP contribution >= 0.6 is 11.8 Å². The van der Waals surface area contributed by atoms with Gasteiger partial charge in [0.1, 0.15) is 6.04 Å². The molecule has 0 aromatic carbocycles. The van der Waals surface area contributed by atoms with E-state index in [1.165, 1.54) is 24.3 Å². The Bertz CT molecular complexity index is 153. The maximum Gasteiger partial charge on any atom is 0.320 e. The van der Waals surface area contributed by atoms with E-state index in [1.54, 1.807) is 0 Å². The maximum atomic E-state index is 10.4. The molecule has 0 saturated carbocycles. The number of hydrogen-bond acceptors (Lipinski definition) is 3. The van der Waals surface area contributed by atoms with Crippen LogP contribution in [0.4, 0.5) is 0 Å². The third kappa shape index (κ3) is 8.38. The van der Waals surface area contributed by atoms with Gasteiger partial charge in [0.05, 0.1) is 0 Å². The average Bonchev–Trinajstić information content (AvgIpc) is 2.16. The van der Waals surface area contributed by atoms with Crippen molar-refractivity contribution in [2.75, 3.05) is 11.5 Å². The molecule has 0 bridgehead atoms. The minimum absolute atomic E-state index is 0.605. The van der Waals surface area contributed by atoms with Gasteiger partial charge in [0.25, 0.3) is 0 Å². The summed E-state index contributed by atoms with van der Waals surface area (Å²) in [7, 11) is 0. The summed E-state index contributed by atoms with van der Waals surface area (Å²) in [6.45, 7) is 2.18. The number of hydrogen-bond donors (Lipinski definition) is 2. The lowest BCUT2D eigenvalue weighted by Gasteiger charge is -2.05. The summed E-state index contributed by atoms with van der Waals surface area (Å²) in [4.78, 5) is 10.4. The first-order valence-electron chi connectivity index (χ1n) is 5.24. The number of aliphatic carboxylic acids is 1. The van der Waals surface area contributed by atoms with Crippen molar-refractivity contribution in [3.63, 3.8) is 0 Å². The van der Waals surface area contributed by atoms with Crippen LogP contribution in [0.2, 0.25) is 0 Å². The summed E-state index contributed by atoms with van der Waals surface area (Å²) >= 11 is 1.97. The predicted molar refractivity (Wildman–Crippen MR) is 61.7 cm³/mol. The van der Waals surface area contributed by atoms with Crippen LogP contribution in [-0.4, -0.2) is 28.6 Å². The van der Waals surface area contributed by atoms with Crippen molar-refractivity contribution >= 4 is 17.7 Å². The van der Waals surface area contributed by atoms with Gasteiger partial charge in [0.15, 0.2) is 0 Å². The largest absolute Gasteiger partial charge is 0.480 e. The molecule has 4 heteroatoms. The zero-order valence-electron chi connectivity index (χ0n) is 8.87. The summed E-state index contributed by atoms with van der Waals surface area (Å²) in [5.41, 5.74) is 5.37. The molecule has 0 amide bonds. The van der Waals surface area contributed by atoms with Crippen LogP contribution in [0.1, 0.15) is 39.0 Å². The van der Waals surface area contributed by atoms with Crippen molar-refractivity contribution in [3.05, 3.63) is 0 Å². The molecule has 3 nitrogen and oxygen atoms in total. The van der Waals surface area contributed by atoms with Crippen molar-refractivity contribution in [3.8, 4) is 0 Å². The van der Waals surface area contributed by atoms with Gasteiger partial charge < -0.3 is 10.8 Å². The summed E-state index contributed by atoms with van der Waals surface area (Å²) in [5, 5.41) is 8.53. The van der Waals surface area contributed by atoms with E-state index in [-0.39, 0.29) is 0 Å². The summed E-state index contributed by atoms with van der Waals surface area (Å²) in [6, 6.07) is -0.668. The van der Waals surface area contributed by atoms with Gasteiger partial charge in [-0.25, -0.2) is 0 Å². The molecule has 1 atom stereocenters. The van der Waals surface area contributed by atoms with Gasteiger partial charge in [-0.2, -0.15) is 11.8 Å². The van der Waals surface area contributed by atoms with E-state index in [9.17, 15) is 4.79 Å². The van der Waals surface area contributed by atoms with Crippen LogP contribution in [0.15, 0.2) is 0 Å². The number of thioether (sulfide) groups is 1. The third-order valence-electron chi connectivity index (χ3n) is 1.97. The Hall–Kier alpha value is -0.220. The Kier molecular flexibility index (Phi) is 9.19. The zero-order chi connectivity index (χ0) is 10.8. The topological polar surface area (TPSA) is 63.3 Å². The van der Waals surface area contributed by atoms with Crippen LogP contribution in [0, 0.1) is 0 Å². The highest BCUT2D eigenvalue weighted by molar-refractivity contribution is 7.99. The molecule has 0 radical (unpaired) electrons. The quantitative estimate of drug-likeness (QED) is 0.583. The second-order valence-corrected chi connectivity index (χ2v) is 4.63. The number of carboxylic acids is 1. The van der Waals surface area contributed by atoms with Crippen molar-refractivity contribution in [2.45, 2.75) is 45.1 Å². The number of carbonyl (C=O) groups is 1. The van der Waals surface area contributed by atoms with Crippen molar-refractivity contribution in [2.24, 2.45) is 5.73 Å². The molecule has 84 valence electrons. The van der Waals surface area contributed by atoms with Gasteiger partial charge >= 0.3 is 5.97 Å². The molecule has 14 heavy (non-hydrogen) atoms. The van der Waals surface area contributed by atoms with Crippen LogP contribution in [0.25, 0.3) is 0 Å². The average molecular weight is 219 g/mol. The highest BCUT2D eigenvalue weighted by atomic mass is 32.2. The van der Waals surface area contributed by atoms with Crippen LogP contribution < -0.4 is 5.73 Å². The van der Waals surface area contributed by atoms with E-state index in [4.69, 9.17) is 10.8 Å². The number of nitrogens with two attached hydrogens (primary N) is 1. The Labute approximate surface area is 90.4 Å². The van der Waals surface area contributed by atoms with Crippen molar-refractivity contribution in [1.29, 1.82) is 0 Å². The molecule has 0 aliphatic carbocycles. The smallest absolute Gasteiger partial charge is 0.320 e. The molecule has 0 rings (SSSR count). The van der Waals surface area contributed by atoms with Crippen LogP contribution in [0.5, 0.6) is 0 Å². The van der Waals surface area contributed by atoms with E-state index in [0.717, 1.165) is 12.8 Å². The third-order valence-corrected chi connectivity index (χ3v) is 3.24. The fourth-order valence-corrected chi connectivity index (χ4v) is 2.02. The van der Waals surface area contributed by atoms with Gasteiger partial charge in [-0.1, -0.05) is 19.8 Å². The molecule has 3 N–H and O–H groups in total. The molecule has 0 aliphatic rings. The van der Waals surface area contributed by atoms with Gasteiger partial charge in [-0.3, -0.25) is 4.79 Å². The summed E-state index contributed by atoms with van der Waals surface area (Å²) < 4.78 is 0. The highest BCUT2D eigenvalue weighted by Gasteiger charge is 2.09. The molecular weight excluding hydrogens is 198 g/mol. The Balaban J connectivity index is 3.09. The van der Waals surface area contributed by atoms with Gasteiger partial charge in [0, 0.05) is 0 Å². The number of rotatable bonds is 9. The van der Waals surface area contributed by atoms with Crippen LogP contribution in [-0.2, 0) is 4.79 Å². The minimum Gasteiger partial charge on any atom is -0.480 e. The highest BCUT2D eigenvalue weighted by Crippen LogP contribution is 2.09. The second-order valence-electron chi connectivity index (χ2n) is 3.41. The standard InChI is InChI=1S/C10H21NO2S/c1-2-7-14-8-5-3-4-6-9(11)10(12)13/h9H,2-8,11H2,1H3,(H,12,13). The summed E-state index contributed by atoms with van der Waals surface area (Å²) in [6.07, 6.45) is 5.04. The van der Waals surface area contributed by atoms with Gasteiger partial charge in [-0.05, 0) is 30.8 Å². The lowest BCUT2D eigenvalue weighted by Crippen LogP contribution is -2.29. The van der Waals surface area contributed by atoms with E-state index in [0.29, 0.717) is 6.42 Å². The molecule has 0 aromatic heterocycles. The molecule has 0 heterocycles. The Morgan fingerprint density at radius 2 is 2.07 bits per heavy atom. The molecule has 0 fully saturated rings. The van der Waals surface area contributed by atoms with E-state index in [1.807, 2.05) is 11.8 Å². The monoisotopic (exact) mass is 219 g/mol. The van der Waals surface area contributed by atoms with Crippen LogP contribution in [0.3, 0.4) is 0 Å². The first kappa shape index (κ1) is 13.8. The van der Waals surface area contributed by atoms with Gasteiger partial charge in [-0.15, -0.1) is 0 Å². The number of carboxylic acid groups (broad SMARTS) is 1. The van der Waals surface area contributed by atoms with E-state index >= 15 is 0 Å². The fraction of sp³-hybridized carbons (Fsp3) is 0.900. The fourth-order valence-electron chi connectivity index (χ4n) is 1.12. The lowest BCUT2D eigenvalue weighted by molar-refractivity contribution is -0.138. The molecule has 0 aliphatic heterocycles. The SMILES string of the molecule is CCCSCCCCCC(N)C(=O)O. The van der Waals surface area contributed by atoms with E-state index < -0.39 is 12.0 Å². The predicted octanol–water partition coefficient (Wildman–Crippen LogP) is 2.10. The molecule has 0 spiro atoms. The first-order valence-corrected chi connectivity index (χ1v) is 6.40. The molecule has 1 unspecified atom stereocenters. The molecular formula is C10H21NO2S. The van der Waals surface area contributed by atoms with Crippen molar-refractivity contribution in [1.82, 2.24) is 0 Å². The Morgan fingerprint density at radius 1 is 1.36 bits per heavy atom. The molecule has 0 aromatic rings. The second kappa shape index (κ2) is 9.34. The zero-order valence-corrected chi connectivity index (χ0v) is 9.68. The van der Waals surface area contributed by atoms with Crippen molar-refractivity contribution < 1.29 is 9.90 Å². The van der Waals surface area contributed by atoms with Gasteiger partial charge in [0.2, 0.25) is 0 Å². The minimum atomic E-state index is -0.884. The van der Waals surface area contributed by atoms with E-state index in [2.05, 4.69) is 6.92 Å². The lowest BCUT2D eigenvalue weighted by atomic mass is 10.1. The summed E-state index contributed by atoms with van der Waals surface area (Å²) in [5.74, 6) is 1.54. The normalized spacial score (nSPS) is 12.7. The molecule has 0 saturated heterocycles. The maximum absolute atomic E-state index is 10.4.